The zero-order valence-corrected chi connectivity index (χ0v) is 9.66. The second-order valence-electron chi connectivity index (χ2n) is 5.26. The van der Waals surface area contributed by atoms with Gasteiger partial charge in [0.05, 0.1) is 0 Å². The van der Waals surface area contributed by atoms with Crippen molar-refractivity contribution in [3.05, 3.63) is 34.2 Å². The van der Waals surface area contributed by atoms with Gasteiger partial charge in [-0.2, -0.15) is 0 Å². The highest BCUT2D eigenvalue weighted by atomic mass is 16.2. The third kappa shape index (κ3) is 2.12. The van der Waals surface area contributed by atoms with Crippen LogP contribution in [0.1, 0.15) is 36.0 Å². The molecule has 2 aliphatic rings. The Morgan fingerprint density at radius 1 is 1.47 bits per heavy atom. The molecule has 90 valence electrons. The van der Waals surface area contributed by atoms with Crippen molar-refractivity contribution in [1.82, 2.24) is 10.3 Å². The van der Waals surface area contributed by atoms with Gasteiger partial charge in [-0.15, -0.1) is 0 Å². The molecule has 1 heterocycles. The molecule has 2 N–H and O–H groups in total. The third-order valence-electron chi connectivity index (χ3n) is 3.97. The first-order valence-corrected chi connectivity index (χ1v) is 6.17. The summed E-state index contributed by atoms with van der Waals surface area (Å²) in [5.74, 6) is 0.699. The number of H-pyrrole nitrogens is 1. The zero-order valence-electron chi connectivity index (χ0n) is 9.66. The minimum atomic E-state index is -0.235. The molecule has 0 atom stereocenters. The number of amides is 1. The van der Waals surface area contributed by atoms with Crippen molar-refractivity contribution in [2.24, 2.45) is 11.3 Å². The minimum Gasteiger partial charge on any atom is -0.351 e. The summed E-state index contributed by atoms with van der Waals surface area (Å²) in [6, 6.07) is 2.97. The summed E-state index contributed by atoms with van der Waals surface area (Å²) < 4.78 is 0. The molecule has 0 spiro atoms. The lowest BCUT2D eigenvalue weighted by molar-refractivity contribution is 0.0942. The molecule has 4 nitrogen and oxygen atoms in total. The van der Waals surface area contributed by atoms with E-state index in [-0.39, 0.29) is 11.5 Å². The van der Waals surface area contributed by atoms with Crippen LogP contribution in [0.25, 0.3) is 0 Å². The molecular formula is C13H16N2O2. The SMILES string of the molecule is O=C(NCC1(C2CC2)CC1)c1cc[nH]c(=O)c1. The zero-order chi connectivity index (χ0) is 11.9. The number of carbonyl (C=O) groups is 1. The summed E-state index contributed by atoms with van der Waals surface area (Å²) in [5, 5.41) is 2.96. The average molecular weight is 232 g/mol. The number of hydrogen-bond donors (Lipinski definition) is 2. The summed E-state index contributed by atoms with van der Waals surface area (Å²) in [6.45, 7) is 0.767. The summed E-state index contributed by atoms with van der Waals surface area (Å²) >= 11 is 0. The van der Waals surface area contributed by atoms with Crippen molar-refractivity contribution in [3.63, 3.8) is 0 Å². The van der Waals surface area contributed by atoms with Gasteiger partial charge in [-0.3, -0.25) is 9.59 Å². The molecule has 0 aromatic carbocycles. The van der Waals surface area contributed by atoms with E-state index in [1.54, 1.807) is 6.07 Å². The van der Waals surface area contributed by atoms with Crippen molar-refractivity contribution in [3.8, 4) is 0 Å². The topological polar surface area (TPSA) is 62.0 Å². The Bertz CT molecular complexity index is 498. The van der Waals surface area contributed by atoms with Crippen LogP contribution in [0, 0.1) is 11.3 Å². The van der Waals surface area contributed by atoms with Crippen LogP contribution in [0.15, 0.2) is 23.1 Å². The Morgan fingerprint density at radius 2 is 2.24 bits per heavy atom. The van der Waals surface area contributed by atoms with Crippen molar-refractivity contribution >= 4 is 5.91 Å². The Hall–Kier alpha value is -1.58. The van der Waals surface area contributed by atoms with Crippen LogP contribution in [0.3, 0.4) is 0 Å². The van der Waals surface area contributed by atoms with E-state index in [4.69, 9.17) is 0 Å². The van der Waals surface area contributed by atoms with Crippen LogP contribution in [0.5, 0.6) is 0 Å². The highest BCUT2D eigenvalue weighted by Gasteiger charge is 2.53. The van der Waals surface area contributed by atoms with Crippen LogP contribution in [-0.2, 0) is 0 Å². The molecule has 1 aromatic heterocycles. The first-order chi connectivity index (χ1) is 8.20. The maximum atomic E-state index is 11.9. The molecule has 2 saturated carbocycles. The van der Waals surface area contributed by atoms with Gasteiger partial charge in [-0.05, 0) is 43.1 Å². The number of pyridine rings is 1. The summed E-state index contributed by atoms with van der Waals surface area (Å²) in [5.41, 5.74) is 0.609. The van der Waals surface area contributed by atoms with E-state index in [2.05, 4.69) is 10.3 Å². The lowest BCUT2D eigenvalue weighted by Crippen LogP contribution is -2.31. The van der Waals surface area contributed by atoms with Crippen molar-refractivity contribution in [2.45, 2.75) is 25.7 Å². The van der Waals surface area contributed by atoms with Crippen molar-refractivity contribution < 1.29 is 4.79 Å². The predicted molar refractivity (Wildman–Crippen MR) is 63.8 cm³/mol. The molecule has 0 radical (unpaired) electrons. The predicted octanol–water partition coefficient (Wildman–Crippen LogP) is 1.29. The van der Waals surface area contributed by atoms with Crippen LogP contribution in [0.2, 0.25) is 0 Å². The Labute approximate surface area is 99.4 Å². The summed E-state index contributed by atoms with van der Waals surface area (Å²) in [4.78, 5) is 25.4. The largest absolute Gasteiger partial charge is 0.351 e. The molecule has 4 heteroatoms. The first kappa shape index (κ1) is 10.6. The monoisotopic (exact) mass is 232 g/mol. The molecule has 2 fully saturated rings. The van der Waals surface area contributed by atoms with Crippen molar-refractivity contribution in [2.75, 3.05) is 6.54 Å². The van der Waals surface area contributed by atoms with Gasteiger partial charge in [0.1, 0.15) is 0 Å². The minimum absolute atomic E-state index is 0.136. The van der Waals surface area contributed by atoms with Gasteiger partial charge in [-0.1, -0.05) is 0 Å². The van der Waals surface area contributed by atoms with Gasteiger partial charge >= 0.3 is 0 Å². The molecule has 1 aromatic rings. The van der Waals surface area contributed by atoms with Gasteiger partial charge in [0.2, 0.25) is 5.56 Å². The molecule has 0 aliphatic heterocycles. The maximum absolute atomic E-state index is 11.9. The molecule has 2 aliphatic carbocycles. The van der Waals surface area contributed by atoms with E-state index in [9.17, 15) is 9.59 Å². The quantitative estimate of drug-likeness (QED) is 0.821. The fourth-order valence-corrected chi connectivity index (χ4v) is 2.53. The second-order valence-corrected chi connectivity index (χ2v) is 5.26. The third-order valence-corrected chi connectivity index (χ3v) is 3.97. The molecule has 0 unspecified atom stereocenters. The maximum Gasteiger partial charge on any atom is 0.251 e. The molecule has 0 saturated heterocycles. The molecule has 0 bridgehead atoms. The smallest absolute Gasteiger partial charge is 0.251 e. The van der Waals surface area contributed by atoms with E-state index >= 15 is 0 Å². The lowest BCUT2D eigenvalue weighted by atomic mass is 10.0. The fourth-order valence-electron chi connectivity index (χ4n) is 2.53. The average Bonchev–Trinajstić information content (AvgIpc) is 3.15. The number of rotatable bonds is 4. The molecule has 3 rings (SSSR count). The number of nitrogens with one attached hydrogen (secondary N) is 2. The Kier molecular flexibility index (Phi) is 2.31. The van der Waals surface area contributed by atoms with Gasteiger partial charge < -0.3 is 10.3 Å². The summed E-state index contributed by atoms with van der Waals surface area (Å²) in [6.07, 6.45) is 6.63. The van der Waals surface area contributed by atoms with E-state index < -0.39 is 0 Å². The Balaban J connectivity index is 1.62. The number of aromatic amines is 1. The first-order valence-electron chi connectivity index (χ1n) is 6.17. The second kappa shape index (κ2) is 3.72. The van der Waals surface area contributed by atoms with E-state index in [0.717, 1.165) is 12.5 Å². The summed E-state index contributed by atoms with van der Waals surface area (Å²) in [7, 11) is 0. The van der Waals surface area contributed by atoms with Gasteiger partial charge in [-0.25, -0.2) is 0 Å². The van der Waals surface area contributed by atoms with Gasteiger partial charge in [0.15, 0.2) is 0 Å². The molecule has 17 heavy (non-hydrogen) atoms. The van der Waals surface area contributed by atoms with E-state index in [1.165, 1.54) is 37.9 Å². The van der Waals surface area contributed by atoms with E-state index in [1.807, 2.05) is 0 Å². The van der Waals surface area contributed by atoms with Gasteiger partial charge in [0.25, 0.3) is 5.91 Å². The number of aromatic nitrogens is 1. The number of carbonyl (C=O) groups excluding carboxylic acids is 1. The highest BCUT2D eigenvalue weighted by Crippen LogP contribution is 2.60. The normalized spacial score (nSPS) is 20.9. The van der Waals surface area contributed by atoms with E-state index in [0.29, 0.717) is 11.0 Å². The molecule has 1 amide bonds. The van der Waals surface area contributed by atoms with Crippen LogP contribution < -0.4 is 10.9 Å². The number of hydrogen-bond acceptors (Lipinski definition) is 2. The highest BCUT2D eigenvalue weighted by molar-refractivity contribution is 5.94. The van der Waals surface area contributed by atoms with Crippen molar-refractivity contribution in [1.29, 1.82) is 0 Å². The standard InChI is InChI=1S/C13H16N2O2/c16-11-7-9(3-6-14-11)12(17)15-8-13(4-5-13)10-1-2-10/h3,6-7,10H,1-2,4-5,8H2,(H,14,16)(H,15,17). The lowest BCUT2D eigenvalue weighted by Gasteiger charge is -2.14. The van der Waals surface area contributed by atoms with Gasteiger partial charge in [0, 0.05) is 24.4 Å². The molecular weight excluding hydrogens is 216 g/mol. The Morgan fingerprint density at radius 3 is 2.82 bits per heavy atom. The van der Waals surface area contributed by atoms with Crippen LogP contribution in [0.4, 0.5) is 0 Å². The fraction of sp³-hybridized carbons (Fsp3) is 0.538. The van der Waals surface area contributed by atoms with Crippen LogP contribution in [-0.4, -0.2) is 17.4 Å². The van der Waals surface area contributed by atoms with Crippen LogP contribution >= 0.6 is 0 Å².